The molecule has 5 nitrogen and oxygen atoms in total. The maximum Gasteiger partial charge on any atom is 0.309 e. The van der Waals surface area contributed by atoms with Gasteiger partial charge in [-0.2, -0.15) is 0 Å². The number of esters is 1. The van der Waals surface area contributed by atoms with Crippen LogP contribution in [0.3, 0.4) is 0 Å². The maximum atomic E-state index is 11.5. The highest BCUT2D eigenvalue weighted by atomic mass is 16.6. The number of hydrogen-bond donors (Lipinski definition) is 1. The number of rotatable bonds is 5. The summed E-state index contributed by atoms with van der Waals surface area (Å²) >= 11 is 0. The number of anilines is 1. The van der Waals surface area contributed by atoms with E-state index in [1.165, 1.54) is 6.92 Å². The van der Waals surface area contributed by atoms with Crippen LogP contribution in [0.1, 0.15) is 34.1 Å². The lowest BCUT2D eigenvalue weighted by atomic mass is 10.2. The fourth-order valence-corrected chi connectivity index (χ4v) is 1.51. The predicted molar refractivity (Wildman–Crippen MR) is 76.7 cm³/mol. The van der Waals surface area contributed by atoms with Crippen LogP contribution < -0.4 is 10.1 Å². The third-order valence-corrected chi connectivity index (χ3v) is 2.15. The number of benzene rings is 1. The van der Waals surface area contributed by atoms with Crippen LogP contribution in [-0.2, 0) is 14.3 Å². The lowest BCUT2D eigenvalue weighted by Crippen LogP contribution is -2.24. The molecule has 1 amide bonds. The number of amides is 1. The molecule has 1 aromatic rings. The van der Waals surface area contributed by atoms with Gasteiger partial charge in [0, 0.05) is 18.7 Å². The molecule has 0 heterocycles. The molecule has 20 heavy (non-hydrogen) atoms. The van der Waals surface area contributed by atoms with Gasteiger partial charge in [0.1, 0.15) is 11.4 Å². The average Bonchev–Trinajstić information content (AvgIpc) is 2.25. The standard InChI is InChI=1S/C15H21NO4/c1-11(17)16-12-6-5-7-13(10-12)19-9-8-14(18)20-15(2,3)4/h5-7,10H,8-9H2,1-4H3,(H,16,17). The molecule has 0 aromatic heterocycles. The lowest BCUT2D eigenvalue weighted by Gasteiger charge is -2.19. The average molecular weight is 279 g/mol. The van der Waals surface area contributed by atoms with Crippen molar-refractivity contribution in [3.05, 3.63) is 24.3 Å². The summed E-state index contributed by atoms with van der Waals surface area (Å²) in [5, 5.41) is 2.66. The van der Waals surface area contributed by atoms with Gasteiger partial charge < -0.3 is 14.8 Å². The predicted octanol–water partition coefficient (Wildman–Crippen LogP) is 2.76. The first-order chi connectivity index (χ1) is 9.26. The van der Waals surface area contributed by atoms with Crippen LogP contribution in [0.15, 0.2) is 24.3 Å². The Bertz CT molecular complexity index is 477. The zero-order valence-electron chi connectivity index (χ0n) is 12.4. The summed E-state index contributed by atoms with van der Waals surface area (Å²) in [7, 11) is 0. The molecular weight excluding hydrogens is 258 g/mol. The van der Waals surface area contributed by atoms with Crippen molar-refractivity contribution in [1.29, 1.82) is 0 Å². The Hall–Kier alpha value is -2.04. The van der Waals surface area contributed by atoms with Crippen LogP contribution in [0.2, 0.25) is 0 Å². The Kier molecular flexibility index (Phi) is 5.55. The third kappa shape index (κ3) is 6.78. The molecule has 0 unspecified atom stereocenters. The summed E-state index contributed by atoms with van der Waals surface area (Å²) in [5.74, 6) is 0.159. The van der Waals surface area contributed by atoms with E-state index in [9.17, 15) is 9.59 Å². The first kappa shape index (κ1) is 16.0. The molecule has 0 aliphatic rings. The van der Waals surface area contributed by atoms with E-state index in [0.717, 1.165) is 0 Å². The van der Waals surface area contributed by atoms with Crippen molar-refractivity contribution in [3.8, 4) is 5.75 Å². The van der Waals surface area contributed by atoms with Crippen molar-refractivity contribution in [2.24, 2.45) is 0 Å². The summed E-state index contributed by atoms with van der Waals surface area (Å²) in [4.78, 5) is 22.4. The van der Waals surface area contributed by atoms with E-state index in [1.807, 2.05) is 20.8 Å². The molecule has 0 aliphatic heterocycles. The Morgan fingerprint density at radius 1 is 1.25 bits per heavy atom. The van der Waals surface area contributed by atoms with Gasteiger partial charge in [0.2, 0.25) is 5.91 Å². The number of carbonyl (C=O) groups is 2. The minimum atomic E-state index is -0.484. The number of nitrogens with one attached hydrogen (secondary N) is 1. The second-order valence-corrected chi connectivity index (χ2v) is 5.39. The Morgan fingerprint density at radius 3 is 2.55 bits per heavy atom. The van der Waals surface area contributed by atoms with E-state index < -0.39 is 5.60 Å². The van der Waals surface area contributed by atoms with Gasteiger partial charge in [0.05, 0.1) is 13.0 Å². The molecule has 0 radical (unpaired) electrons. The van der Waals surface area contributed by atoms with Crippen molar-refractivity contribution in [2.75, 3.05) is 11.9 Å². The molecule has 0 saturated carbocycles. The van der Waals surface area contributed by atoms with Crippen LogP contribution in [-0.4, -0.2) is 24.1 Å². The van der Waals surface area contributed by atoms with Crippen LogP contribution in [0.25, 0.3) is 0 Å². The summed E-state index contributed by atoms with van der Waals surface area (Å²) in [6.07, 6.45) is 0.182. The van der Waals surface area contributed by atoms with Gasteiger partial charge in [-0.05, 0) is 32.9 Å². The van der Waals surface area contributed by atoms with E-state index in [1.54, 1.807) is 24.3 Å². The SMILES string of the molecule is CC(=O)Nc1cccc(OCCC(=O)OC(C)(C)C)c1. The van der Waals surface area contributed by atoms with Crippen LogP contribution in [0.4, 0.5) is 5.69 Å². The summed E-state index contributed by atoms with van der Waals surface area (Å²) < 4.78 is 10.6. The smallest absolute Gasteiger partial charge is 0.309 e. The van der Waals surface area contributed by atoms with Gasteiger partial charge in [-0.1, -0.05) is 6.07 Å². The lowest BCUT2D eigenvalue weighted by molar-refractivity contribution is -0.155. The van der Waals surface area contributed by atoms with E-state index in [0.29, 0.717) is 11.4 Å². The van der Waals surface area contributed by atoms with Crippen molar-refractivity contribution in [1.82, 2.24) is 0 Å². The van der Waals surface area contributed by atoms with Crippen molar-refractivity contribution >= 4 is 17.6 Å². The minimum absolute atomic E-state index is 0.143. The van der Waals surface area contributed by atoms with Gasteiger partial charge in [-0.3, -0.25) is 9.59 Å². The molecule has 0 saturated heterocycles. The van der Waals surface area contributed by atoms with Crippen molar-refractivity contribution in [3.63, 3.8) is 0 Å². The largest absolute Gasteiger partial charge is 0.493 e. The minimum Gasteiger partial charge on any atom is -0.493 e. The molecule has 0 atom stereocenters. The number of ether oxygens (including phenoxy) is 2. The van der Waals surface area contributed by atoms with Crippen molar-refractivity contribution in [2.45, 2.75) is 39.7 Å². The highest BCUT2D eigenvalue weighted by Gasteiger charge is 2.15. The molecule has 0 fully saturated rings. The monoisotopic (exact) mass is 279 g/mol. The second kappa shape index (κ2) is 6.93. The summed E-state index contributed by atoms with van der Waals surface area (Å²) in [6.45, 7) is 7.14. The van der Waals surface area contributed by atoms with Crippen LogP contribution in [0.5, 0.6) is 5.75 Å². The van der Waals surface area contributed by atoms with Crippen LogP contribution in [0, 0.1) is 0 Å². The normalized spacial score (nSPS) is 10.8. The summed E-state index contributed by atoms with van der Waals surface area (Å²) in [5.41, 5.74) is 0.176. The highest BCUT2D eigenvalue weighted by Crippen LogP contribution is 2.17. The van der Waals surface area contributed by atoms with E-state index >= 15 is 0 Å². The Balaban J connectivity index is 2.42. The maximum absolute atomic E-state index is 11.5. The number of carbonyl (C=O) groups excluding carboxylic acids is 2. The molecular formula is C15H21NO4. The molecule has 1 N–H and O–H groups in total. The van der Waals surface area contributed by atoms with E-state index in [4.69, 9.17) is 9.47 Å². The Labute approximate surface area is 119 Å². The van der Waals surface area contributed by atoms with Gasteiger partial charge in [-0.25, -0.2) is 0 Å². The fourth-order valence-electron chi connectivity index (χ4n) is 1.51. The summed E-state index contributed by atoms with van der Waals surface area (Å²) in [6, 6.07) is 7.01. The number of hydrogen-bond acceptors (Lipinski definition) is 4. The second-order valence-electron chi connectivity index (χ2n) is 5.39. The van der Waals surface area contributed by atoms with E-state index in [2.05, 4.69) is 5.32 Å². The molecule has 0 bridgehead atoms. The zero-order valence-corrected chi connectivity index (χ0v) is 12.4. The van der Waals surface area contributed by atoms with Crippen LogP contribution >= 0.6 is 0 Å². The van der Waals surface area contributed by atoms with Gasteiger partial charge in [-0.15, -0.1) is 0 Å². The molecule has 5 heteroatoms. The molecule has 0 spiro atoms. The van der Waals surface area contributed by atoms with Gasteiger partial charge in [0.15, 0.2) is 0 Å². The molecule has 1 rings (SSSR count). The first-order valence-electron chi connectivity index (χ1n) is 6.48. The molecule has 110 valence electrons. The van der Waals surface area contributed by atoms with Gasteiger partial charge >= 0.3 is 5.97 Å². The third-order valence-electron chi connectivity index (χ3n) is 2.15. The Morgan fingerprint density at radius 2 is 1.95 bits per heavy atom. The molecule has 1 aromatic carbocycles. The van der Waals surface area contributed by atoms with E-state index in [-0.39, 0.29) is 24.9 Å². The molecule has 0 aliphatic carbocycles. The highest BCUT2D eigenvalue weighted by molar-refractivity contribution is 5.88. The zero-order chi connectivity index (χ0) is 15.2. The fraction of sp³-hybridized carbons (Fsp3) is 0.467. The first-order valence-corrected chi connectivity index (χ1v) is 6.48. The quantitative estimate of drug-likeness (QED) is 0.842. The topological polar surface area (TPSA) is 64.6 Å². The van der Waals surface area contributed by atoms with Crippen molar-refractivity contribution < 1.29 is 19.1 Å². The van der Waals surface area contributed by atoms with Gasteiger partial charge in [0.25, 0.3) is 0 Å².